The lowest BCUT2D eigenvalue weighted by Crippen LogP contribution is -2.20. The molecule has 12 bridgehead atoms. The number of fused-ring (bicyclic) bond motifs is 6. The Morgan fingerprint density at radius 2 is 0.518 bits per heavy atom. The van der Waals surface area contributed by atoms with Gasteiger partial charge in [-0.2, -0.15) is 0 Å². The third-order valence-electron chi connectivity index (χ3n) is 15.5. The van der Waals surface area contributed by atoms with E-state index < -0.39 is 0 Å². The molecule has 0 radical (unpaired) electrons. The van der Waals surface area contributed by atoms with Gasteiger partial charge in [-0.3, -0.25) is 0 Å². The predicted molar refractivity (Wildman–Crippen MR) is 343 cm³/mol. The van der Waals surface area contributed by atoms with Crippen LogP contribution in [0.1, 0.15) is 187 Å². The van der Waals surface area contributed by atoms with Crippen molar-refractivity contribution in [2.24, 2.45) is 0 Å². The lowest BCUT2D eigenvalue weighted by molar-refractivity contribution is 0.0755. The molecule has 83 heavy (non-hydrogen) atoms. The maximum Gasteiger partial charge on any atom is 0.126 e. The summed E-state index contributed by atoms with van der Waals surface area (Å²) in [6, 6.07) is 23.6. The van der Waals surface area contributed by atoms with Gasteiger partial charge in [0.2, 0.25) is 0 Å². The zero-order chi connectivity index (χ0) is 60.3. The lowest BCUT2D eigenvalue weighted by Gasteiger charge is -2.29. The summed E-state index contributed by atoms with van der Waals surface area (Å²) in [7, 11) is 0. The second-order valence-corrected chi connectivity index (χ2v) is 28.6. The Balaban J connectivity index is 1.69. The summed E-state index contributed by atoms with van der Waals surface area (Å²) in [4.78, 5) is 0. The standard InChI is InChI=1S/C71H97Cl3O9/c1-67(2,3)57-37-47-32-48-38-58(68(4,5)6)40-50(63(48)80-28-23-76-20-17-73)34-54-44-61(71(13,14)15)46-56-36-52-42-59(69(7,8)9)41-51(64(52)81-29-24-77-21-18-74)35-55-45-60(70(10,11)12)43-53(65(55)82-30-25-78-26-31-83-66(54)56)33-49(39-57)62(47)79-27-22-75-19-16-72/h37-46H,16-36H2,1-15H3. The summed E-state index contributed by atoms with van der Waals surface area (Å²) in [5, 5.41) is 0. The highest BCUT2D eigenvalue weighted by Gasteiger charge is 2.31. The van der Waals surface area contributed by atoms with E-state index in [0.717, 1.165) is 84.4 Å². The molecule has 9 nitrogen and oxygen atoms in total. The molecule has 8 rings (SSSR count). The molecule has 3 aliphatic rings. The zero-order valence-electron chi connectivity index (χ0n) is 52.9. The Kier molecular flexibility index (Phi) is 23.2. The first-order valence-electron chi connectivity index (χ1n) is 30.1. The van der Waals surface area contributed by atoms with Crippen LogP contribution in [0.15, 0.2) is 60.7 Å². The zero-order valence-corrected chi connectivity index (χ0v) is 55.2. The molecule has 2 aliphatic heterocycles. The van der Waals surface area contributed by atoms with Gasteiger partial charge in [0.05, 0.1) is 52.9 Å². The maximum atomic E-state index is 7.19. The number of benzene rings is 5. The highest BCUT2D eigenvalue weighted by atomic mass is 35.5. The van der Waals surface area contributed by atoms with Crippen LogP contribution in [-0.4, -0.2) is 104 Å². The smallest absolute Gasteiger partial charge is 0.126 e. The molecule has 0 amide bonds. The summed E-state index contributed by atoms with van der Waals surface area (Å²) in [5.74, 6) is 5.34. The van der Waals surface area contributed by atoms with Crippen LogP contribution >= 0.6 is 34.8 Å². The van der Waals surface area contributed by atoms with E-state index in [1.165, 1.54) is 27.8 Å². The van der Waals surface area contributed by atoms with Crippen molar-refractivity contribution < 1.29 is 42.6 Å². The summed E-state index contributed by atoms with van der Waals surface area (Å²) in [6.07, 6.45) is 2.65. The van der Waals surface area contributed by atoms with Gasteiger partial charge < -0.3 is 42.6 Å². The van der Waals surface area contributed by atoms with Gasteiger partial charge >= 0.3 is 0 Å². The van der Waals surface area contributed by atoms with Crippen LogP contribution in [0.2, 0.25) is 0 Å². The first-order chi connectivity index (χ1) is 39.2. The van der Waals surface area contributed by atoms with Crippen LogP contribution in [0.3, 0.4) is 0 Å². The minimum absolute atomic E-state index is 0.213. The third kappa shape index (κ3) is 18.2. The quantitative estimate of drug-likeness (QED) is 0.0475. The molecule has 0 spiro atoms. The SMILES string of the molecule is CC(C)(C)c1cc2c(OCCOCCCl)c(c1)Cc1cc(C(C)(C)C)cc3c1OCCOCCOc1c(cc(C(C)(C)C)cc1Cc1cc(C(C)(C)C)cc(c1OCCOCCCl)C3)Cc1cc(C(C)(C)C)cc(c1OCCOCCCl)C2. The van der Waals surface area contributed by atoms with Crippen molar-refractivity contribution in [1.82, 2.24) is 0 Å². The van der Waals surface area contributed by atoms with E-state index in [0.29, 0.717) is 136 Å². The van der Waals surface area contributed by atoms with E-state index in [9.17, 15) is 0 Å². The van der Waals surface area contributed by atoms with Gasteiger partial charge in [-0.1, -0.05) is 165 Å². The highest BCUT2D eigenvalue weighted by Crippen LogP contribution is 2.45. The van der Waals surface area contributed by atoms with Crippen LogP contribution < -0.4 is 23.7 Å². The van der Waals surface area contributed by atoms with Crippen molar-refractivity contribution in [3.05, 3.63) is 144 Å². The molecule has 0 N–H and O–H groups in total. The van der Waals surface area contributed by atoms with Crippen LogP contribution in [0.25, 0.3) is 0 Å². The molecule has 0 saturated heterocycles. The monoisotopic (exact) mass is 1200 g/mol. The summed E-state index contributed by atoms with van der Waals surface area (Å²) in [5.41, 5.74) is 15.5. The van der Waals surface area contributed by atoms with Crippen LogP contribution in [0.5, 0.6) is 28.7 Å². The summed E-state index contributed by atoms with van der Waals surface area (Å²) in [6.45, 7) is 39.2. The largest absolute Gasteiger partial charge is 0.491 e. The van der Waals surface area contributed by atoms with Gasteiger partial charge in [0.1, 0.15) is 61.8 Å². The Morgan fingerprint density at radius 3 is 0.735 bits per heavy atom. The molecule has 2 heterocycles. The van der Waals surface area contributed by atoms with Gasteiger partial charge in [-0.15, -0.1) is 34.8 Å². The first kappa shape index (κ1) is 66.3. The van der Waals surface area contributed by atoms with Gasteiger partial charge in [0.25, 0.3) is 0 Å². The van der Waals surface area contributed by atoms with Crippen molar-refractivity contribution in [1.29, 1.82) is 0 Å². The Hall–Kier alpha value is -4.19. The number of alkyl halides is 3. The van der Waals surface area contributed by atoms with Gasteiger partial charge in [-0.05, 0) is 111 Å². The number of hydrogen-bond donors (Lipinski definition) is 0. The fourth-order valence-corrected chi connectivity index (χ4v) is 11.1. The molecule has 5 aromatic carbocycles. The van der Waals surface area contributed by atoms with Crippen molar-refractivity contribution in [2.75, 3.05) is 104 Å². The van der Waals surface area contributed by atoms with Crippen molar-refractivity contribution in [2.45, 2.75) is 163 Å². The van der Waals surface area contributed by atoms with E-state index in [1.807, 2.05) is 0 Å². The van der Waals surface area contributed by atoms with Crippen molar-refractivity contribution in [3.63, 3.8) is 0 Å². The fourth-order valence-electron chi connectivity index (χ4n) is 10.8. The van der Waals surface area contributed by atoms with Gasteiger partial charge in [-0.25, -0.2) is 0 Å². The molecule has 0 fully saturated rings. The van der Waals surface area contributed by atoms with Crippen molar-refractivity contribution in [3.8, 4) is 28.7 Å². The molecule has 0 saturated carbocycles. The van der Waals surface area contributed by atoms with E-state index in [2.05, 4.69) is 165 Å². The molecule has 5 aromatic rings. The Labute approximate surface area is 514 Å². The average Bonchev–Trinajstić information content (AvgIpc) is 3.59. The molecular weight excluding hydrogens is 1100 g/mol. The molecular formula is C71H97Cl3O9. The van der Waals surface area contributed by atoms with Crippen LogP contribution in [0.4, 0.5) is 0 Å². The Morgan fingerprint density at radius 1 is 0.301 bits per heavy atom. The molecule has 12 heteroatoms. The van der Waals surface area contributed by atoms with Gasteiger partial charge in [0.15, 0.2) is 0 Å². The second-order valence-electron chi connectivity index (χ2n) is 27.5. The number of rotatable bonds is 18. The lowest BCUT2D eigenvalue weighted by atomic mass is 9.79. The number of halogens is 3. The van der Waals surface area contributed by atoms with E-state index in [4.69, 9.17) is 77.4 Å². The number of hydrogen-bond acceptors (Lipinski definition) is 9. The van der Waals surface area contributed by atoms with E-state index >= 15 is 0 Å². The summed E-state index contributed by atoms with van der Waals surface area (Å²) < 4.78 is 60.3. The molecule has 456 valence electrons. The Bertz CT molecular complexity index is 2770. The van der Waals surface area contributed by atoms with Crippen LogP contribution in [0, 0.1) is 0 Å². The minimum atomic E-state index is -0.229. The maximum absolute atomic E-state index is 7.19. The molecule has 0 aromatic heterocycles. The molecule has 0 atom stereocenters. The molecule has 1 aliphatic carbocycles. The van der Waals surface area contributed by atoms with Gasteiger partial charge in [0, 0.05) is 49.7 Å². The van der Waals surface area contributed by atoms with Crippen LogP contribution in [-0.2, 0) is 78.1 Å². The van der Waals surface area contributed by atoms with E-state index in [1.54, 1.807) is 0 Å². The normalized spacial score (nSPS) is 14.6. The minimum Gasteiger partial charge on any atom is -0.491 e. The number of ether oxygens (including phenoxy) is 9. The molecule has 0 unspecified atom stereocenters. The predicted octanol–water partition coefficient (Wildman–Crippen LogP) is 16.1. The third-order valence-corrected chi connectivity index (χ3v) is 15.9. The highest BCUT2D eigenvalue weighted by molar-refractivity contribution is 6.18. The first-order valence-corrected chi connectivity index (χ1v) is 31.7. The average molecular weight is 1200 g/mol. The second kappa shape index (κ2) is 29.0. The topological polar surface area (TPSA) is 83.1 Å². The van der Waals surface area contributed by atoms with E-state index in [-0.39, 0.29) is 27.1 Å². The van der Waals surface area contributed by atoms with Crippen molar-refractivity contribution >= 4 is 34.8 Å². The summed E-state index contributed by atoms with van der Waals surface area (Å²) >= 11 is 18.4. The fraction of sp³-hybridized carbons (Fsp3) is 0.577.